The van der Waals surface area contributed by atoms with Crippen molar-refractivity contribution in [2.45, 2.75) is 26.3 Å². The molecule has 0 atom stereocenters. The molecule has 1 aliphatic rings. The molecule has 0 saturated heterocycles. The number of amides is 3. The highest BCUT2D eigenvalue weighted by molar-refractivity contribution is 6.22. The minimum absolute atomic E-state index is 0.244. The molecule has 0 bridgehead atoms. The Hall–Kier alpha value is -3.81. The number of hydrogen-bond acceptors (Lipinski definition) is 5. The van der Waals surface area contributed by atoms with Gasteiger partial charge in [-0.05, 0) is 36.8 Å². The SMILES string of the molecule is CCCCN1C(=O)c2ccc(C(=O)NCc3cccnc3-n3cccn3)cc2C1=O. The van der Waals surface area contributed by atoms with Gasteiger partial charge in [-0.25, -0.2) is 9.67 Å². The fourth-order valence-corrected chi connectivity index (χ4v) is 3.40. The summed E-state index contributed by atoms with van der Waals surface area (Å²) in [6.45, 7) is 2.64. The number of carbonyl (C=O) groups is 3. The molecule has 1 aromatic carbocycles. The summed E-state index contributed by atoms with van der Waals surface area (Å²) in [6, 6.07) is 10.1. The molecule has 1 aliphatic heterocycles. The summed E-state index contributed by atoms with van der Waals surface area (Å²) in [4.78, 5) is 43.3. The quantitative estimate of drug-likeness (QED) is 0.612. The van der Waals surface area contributed by atoms with E-state index in [1.165, 1.54) is 11.0 Å². The van der Waals surface area contributed by atoms with Gasteiger partial charge in [0.2, 0.25) is 0 Å². The molecule has 3 aromatic rings. The fraction of sp³-hybridized carbons (Fsp3) is 0.227. The molecule has 0 saturated carbocycles. The Labute approximate surface area is 173 Å². The van der Waals surface area contributed by atoms with Crippen LogP contribution in [0.2, 0.25) is 0 Å². The van der Waals surface area contributed by atoms with Crippen LogP contribution in [0, 0.1) is 0 Å². The Balaban J connectivity index is 1.50. The molecule has 3 heterocycles. The first-order valence-electron chi connectivity index (χ1n) is 9.82. The Bertz CT molecular complexity index is 1110. The molecular weight excluding hydrogens is 382 g/mol. The van der Waals surface area contributed by atoms with Crippen LogP contribution in [-0.4, -0.2) is 43.9 Å². The van der Waals surface area contributed by atoms with Crippen LogP contribution in [0.1, 0.15) is 56.4 Å². The third kappa shape index (κ3) is 3.59. The monoisotopic (exact) mass is 403 g/mol. The van der Waals surface area contributed by atoms with E-state index in [1.54, 1.807) is 47.5 Å². The number of carbonyl (C=O) groups excluding carboxylic acids is 3. The van der Waals surface area contributed by atoms with Gasteiger partial charge in [0.05, 0.1) is 11.1 Å². The zero-order valence-electron chi connectivity index (χ0n) is 16.5. The molecule has 30 heavy (non-hydrogen) atoms. The van der Waals surface area contributed by atoms with E-state index in [9.17, 15) is 14.4 Å². The second-order valence-electron chi connectivity index (χ2n) is 7.00. The lowest BCUT2D eigenvalue weighted by Crippen LogP contribution is -2.30. The van der Waals surface area contributed by atoms with Crippen LogP contribution in [0.25, 0.3) is 5.82 Å². The van der Waals surface area contributed by atoms with Gasteiger partial charge in [-0.2, -0.15) is 5.10 Å². The van der Waals surface area contributed by atoms with E-state index in [0.29, 0.717) is 23.5 Å². The lowest BCUT2D eigenvalue weighted by molar-refractivity contribution is 0.0652. The fourth-order valence-electron chi connectivity index (χ4n) is 3.40. The molecule has 0 unspecified atom stereocenters. The summed E-state index contributed by atoms with van der Waals surface area (Å²) in [5, 5.41) is 7.03. The van der Waals surface area contributed by atoms with Gasteiger partial charge in [0.25, 0.3) is 17.7 Å². The highest BCUT2D eigenvalue weighted by Gasteiger charge is 2.35. The van der Waals surface area contributed by atoms with Crippen molar-refractivity contribution >= 4 is 17.7 Å². The van der Waals surface area contributed by atoms with Crippen LogP contribution in [0.15, 0.2) is 55.0 Å². The number of unbranched alkanes of at least 4 members (excludes halogenated alkanes) is 1. The molecule has 4 rings (SSSR count). The molecule has 0 aliphatic carbocycles. The van der Waals surface area contributed by atoms with E-state index >= 15 is 0 Å². The smallest absolute Gasteiger partial charge is 0.261 e. The van der Waals surface area contributed by atoms with Gasteiger partial charge in [-0.3, -0.25) is 19.3 Å². The van der Waals surface area contributed by atoms with Gasteiger partial charge in [0, 0.05) is 42.8 Å². The Morgan fingerprint density at radius 1 is 1.07 bits per heavy atom. The summed E-state index contributed by atoms with van der Waals surface area (Å²) in [6.07, 6.45) is 6.74. The first-order valence-corrected chi connectivity index (χ1v) is 9.82. The maximum absolute atomic E-state index is 12.7. The largest absolute Gasteiger partial charge is 0.348 e. The maximum Gasteiger partial charge on any atom is 0.261 e. The van der Waals surface area contributed by atoms with E-state index in [1.807, 2.05) is 13.0 Å². The van der Waals surface area contributed by atoms with Gasteiger partial charge in [-0.1, -0.05) is 19.4 Å². The number of aromatic nitrogens is 3. The van der Waals surface area contributed by atoms with Crippen molar-refractivity contribution in [1.82, 2.24) is 25.0 Å². The Kier molecular flexibility index (Phi) is 5.38. The molecule has 8 nitrogen and oxygen atoms in total. The summed E-state index contributed by atoms with van der Waals surface area (Å²) in [5.41, 5.74) is 1.76. The summed E-state index contributed by atoms with van der Waals surface area (Å²) >= 11 is 0. The van der Waals surface area contributed by atoms with Crippen molar-refractivity contribution in [2.24, 2.45) is 0 Å². The van der Waals surface area contributed by atoms with Crippen molar-refractivity contribution in [1.29, 1.82) is 0 Å². The highest BCUT2D eigenvalue weighted by atomic mass is 16.2. The number of fused-ring (bicyclic) bond motifs is 1. The van der Waals surface area contributed by atoms with Gasteiger partial charge in [-0.15, -0.1) is 0 Å². The number of rotatable bonds is 7. The molecule has 0 fully saturated rings. The third-order valence-corrected chi connectivity index (χ3v) is 5.00. The summed E-state index contributed by atoms with van der Waals surface area (Å²) < 4.78 is 1.63. The molecule has 1 N–H and O–H groups in total. The van der Waals surface area contributed by atoms with E-state index in [0.717, 1.165) is 18.4 Å². The minimum atomic E-state index is -0.341. The van der Waals surface area contributed by atoms with Gasteiger partial charge in [0.15, 0.2) is 5.82 Å². The van der Waals surface area contributed by atoms with Crippen LogP contribution in [0.3, 0.4) is 0 Å². The summed E-state index contributed by atoms with van der Waals surface area (Å²) in [5.74, 6) is -0.342. The standard InChI is InChI=1S/C22H21N5O3/c1-2-3-11-26-21(29)17-8-7-15(13-18(17)22(26)30)20(28)24-14-16-6-4-9-23-19(16)27-12-5-10-25-27/h4-10,12-13H,2-3,11,14H2,1H3,(H,24,28). The predicted molar refractivity (Wildman–Crippen MR) is 109 cm³/mol. The van der Waals surface area contributed by atoms with E-state index in [4.69, 9.17) is 0 Å². The number of pyridine rings is 1. The van der Waals surface area contributed by atoms with Crippen molar-refractivity contribution in [3.63, 3.8) is 0 Å². The van der Waals surface area contributed by atoms with Crippen LogP contribution in [0.5, 0.6) is 0 Å². The molecule has 0 spiro atoms. The molecule has 0 radical (unpaired) electrons. The number of nitrogens with zero attached hydrogens (tertiary/aromatic N) is 4. The van der Waals surface area contributed by atoms with Crippen molar-refractivity contribution < 1.29 is 14.4 Å². The Morgan fingerprint density at radius 3 is 2.67 bits per heavy atom. The minimum Gasteiger partial charge on any atom is -0.348 e. The van der Waals surface area contributed by atoms with Gasteiger partial charge < -0.3 is 5.32 Å². The topological polar surface area (TPSA) is 97.2 Å². The van der Waals surface area contributed by atoms with E-state index < -0.39 is 0 Å². The second-order valence-corrected chi connectivity index (χ2v) is 7.00. The number of hydrogen-bond donors (Lipinski definition) is 1. The molecule has 152 valence electrons. The van der Waals surface area contributed by atoms with Crippen molar-refractivity contribution in [3.8, 4) is 5.82 Å². The third-order valence-electron chi connectivity index (χ3n) is 5.00. The van der Waals surface area contributed by atoms with Crippen LogP contribution in [0.4, 0.5) is 0 Å². The van der Waals surface area contributed by atoms with Crippen molar-refractivity contribution in [2.75, 3.05) is 6.54 Å². The van der Waals surface area contributed by atoms with Crippen molar-refractivity contribution in [3.05, 3.63) is 77.2 Å². The number of imide groups is 1. The lowest BCUT2D eigenvalue weighted by atomic mass is 10.1. The Morgan fingerprint density at radius 2 is 1.90 bits per heavy atom. The average molecular weight is 403 g/mol. The van der Waals surface area contributed by atoms with Crippen LogP contribution in [-0.2, 0) is 6.54 Å². The average Bonchev–Trinajstić information content (AvgIpc) is 3.39. The van der Waals surface area contributed by atoms with E-state index in [2.05, 4.69) is 15.4 Å². The molecule has 8 heteroatoms. The highest BCUT2D eigenvalue weighted by Crippen LogP contribution is 2.24. The zero-order valence-corrected chi connectivity index (χ0v) is 16.5. The maximum atomic E-state index is 12.7. The number of benzene rings is 1. The van der Waals surface area contributed by atoms with Crippen LogP contribution < -0.4 is 5.32 Å². The number of nitrogens with one attached hydrogen (secondary N) is 1. The van der Waals surface area contributed by atoms with Gasteiger partial charge in [0.1, 0.15) is 0 Å². The second kappa shape index (κ2) is 8.28. The summed E-state index contributed by atoms with van der Waals surface area (Å²) in [7, 11) is 0. The predicted octanol–water partition coefficient (Wildman–Crippen LogP) is 2.59. The molecule has 2 aromatic heterocycles. The zero-order chi connectivity index (χ0) is 21.1. The lowest BCUT2D eigenvalue weighted by Gasteiger charge is -2.12. The van der Waals surface area contributed by atoms with E-state index in [-0.39, 0.29) is 29.8 Å². The normalized spacial score (nSPS) is 12.9. The first kappa shape index (κ1) is 19.5. The molecule has 3 amide bonds. The van der Waals surface area contributed by atoms with Gasteiger partial charge >= 0.3 is 0 Å². The molecular formula is C22H21N5O3. The first-order chi connectivity index (χ1) is 14.6. The van der Waals surface area contributed by atoms with Crippen LogP contribution >= 0.6 is 0 Å².